The Labute approximate surface area is 213 Å². The highest BCUT2D eigenvalue weighted by atomic mass is 32.2. The smallest absolute Gasteiger partial charge is 0.243 e. The zero-order chi connectivity index (χ0) is 25.1. The molecule has 1 heterocycles. The minimum Gasteiger partial charge on any atom is -0.375 e. The van der Waals surface area contributed by atoms with Crippen LogP contribution in [0.5, 0.6) is 0 Å². The van der Waals surface area contributed by atoms with E-state index in [9.17, 15) is 13.2 Å². The van der Waals surface area contributed by atoms with Crippen LogP contribution >= 0.6 is 11.3 Å². The predicted molar refractivity (Wildman–Crippen MR) is 145 cm³/mol. The summed E-state index contributed by atoms with van der Waals surface area (Å²) in [6.45, 7) is 1.98. The summed E-state index contributed by atoms with van der Waals surface area (Å²) in [6, 6.07) is 28.5. The van der Waals surface area contributed by atoms with Crippen LogP contribution < -0.4 is 10.6 Å². The van der Waals surface area contributed by atoms with E-state index in [1.165, 1.54) is 11.6 Å². The molecule has 1 aromatic heterocycles. The Kier molecular flexibility index (Phi) is 6.54. The van der Waals surface area contributed by atoms with Gasteiger partial charge >= 0.3 is 0 Å². The third kappa shape index (κ3) is 5.00. The lowest BCUT2D eigenvalue weighted by molar-refractivity contribution is -0.114. The molecule has 0 aliphatic heterocycles. The molecule has 5 aromatic rings. The molecule has 0 aliphatic rings. The lowest BCUT2D eigenvalue weighted by atomic mass is 10.2. The van der Waals surface area contributed by atoms with Crippen LogP contribution in [0.4, 0.5) is 11.4 Å². The van der Waals surface area contributed by atoms with Crippen LogP contribution in [0.2, 0.25) is 0 Å². The van der Waals surface area contributed by atoms with Crippen LogP contribution in [-0.4, -0.2) is 25.9 Å². The minimum absolute atomic E-state index is 0.0830. The standard InChI is InChI=1S/C28H23N3O3S2/c1-19-11-16-23-25(17-19)35-28(31-23)20-12-14-21(15-13-20)30-27(32)18-29-24-9-5-6-10-26(24)36(33,34)22-7-3-2-4-8-22/h2-17,29H,18H2,1H3,(H,30,32). The van der Waals surface area contributed by atoms with Crippen molar-refractivity contribution in [1.82, 2.24) is 4.98 Å². The van der Waals surface area contributed by atoms with Gasteiger partial charge in [0.15, 0.2) is 0 Å². The molecule has 0 aliphatic carbocycles. The van der Waals surface area contributed by atoms with Gasteiger partial charge in [-0.3, -0.25) is 4.79 Å². The van der Waals surface area contributed by atoms with Crippen LogP contribution in [0, 0.1) is 6.92 Å². The quantitative estimate of drug-likeness (QED) is 0.272. The van der Waals surface area contributed by atoms with Gasteiger partial charge < -0.3 is 10.6 Å². The van der Waals surface area contributed by atoms with Crippen molar-refractivity contribution in [3.63, 3.8) is 0 Å². The number of benzene rings is 4. The zero-order valence-electron chi connectivity index (χ0n) is 19.4. The highest BCUT2D eigenvalue weighted by Gasteiger charge is 2.21. The number of hydrogen-bond acceptors (Lipinski definition) is 6. The molecule has 6 nitrogen and oxygen atoms in total. The highest BCUT2D eigenvalue weighted by molar-refractivity contribution is 7.91. The largest absolute Gasteiger partial charge is 0.375 e. The van der Waals surface area contributed by atoms with Crippen molar-refractivity contribution in [2.45, 2.75) is 16.7 Å². The third-order valence-corrected chi connectivity index (χ3v) is 8.52. The topological polar surface area (TPSA) is 88.2 Å². The van der Waals surface area contributed by atoms with Gasteiger partial charge in [-0.2, -0.15) is 0 Å². The number of para-hydroxylation sites is 1. The molecule has 0 unspecified atom stereocenters. The first-order chi connectivity index (χ1) is 17.4. The van der Waals surface area contributed by atoms with Gasteiger partial charge in [0.1, 0.15) is 5.01 Å². The average Bonchev–Trinajstić information content (AvgIpc) is 3.32. The van der Waals surface area contributed by atoms with Gasteiger partial charge in [-0.1, -0.05) is 36.4 Å². The average molecular weight is 514 g/mol. The summed E-state index contributed by atoms with van der Waals surface area (Å²) in [7, 11) is -3.72. The van der Waals surface area contributed by atoms with E-state index in [1.807, 2.05) is 36.4 Å². The van der Waals surface area contributed by atoms with Crippen molar-refractivity contribution in [3.05, 3.63) is 103 Å². The Morgan fingerprint density at radius 3 is 2.39 bits per heavy atom. The molecule has 0 saturated heterocycles. The van der Waals surface area contributed by atoms with Gasteiger partial charge in [0, 0.05) is 11.3 Å². The van der Waals surface area contributed by atoms with E-state index in [1.54, 1.807) is 59.9 Å². The maximum atomic E-state index is 13.1. The van der Waals surface area contributed by atoms with Crippen LogP contribution in [0.3, 0.4) is 0 Å². The fourth-order valence-corrected chi connectivity index (χ4v) is 6.33. The summed E-state index contributed by atoms with van der Waals surface area (Å²) in [5.74, 6) is -0.287. The molecule has 5 rings (SSSR count). The maximum Gasteiger partial charge on any atom is 0.243 e. The number of carbonyl (C=O) groups excluding carboxylic acids is 1. The number of aryl methyl sites for hydroxylation is 1. The number of hydrogen-bond donors (Lipinski definition) is 2. The third-order valence-electron chi connectivity index (χ3n) is 5.63. The first-order valence-corrected chi connectivity index (χ1v) is 13.6. The Balaban J connectivity index is 1.25. The second kappa shape index (κ2) is 9.93. The lowest BCUT2D eigenvalue weighted by Gasteiger charge is -2.13. The van der Waals surface area contributed by atoms with E-state index in [-0.39, 0.29) is 22.2 Å². The Bertz CT molecular complexity index is 1650. The molecule has 0 atom stereocenters. The van der Waals surface area contributed by atoms with E-state index < -0.39 is 9.84 Å². The fourth-order valence-electron chi connectivity index (χ4n) is 3.81. The number of fused-ring (bicyclic) bond motifs is 1. The van der Waals surface area contributed by atoms with Gasteiger partial charge in [0.05, 0.1) is 32.2 Å². The number of sulfone groups is 1. The van der Waals surface area contributed by atoms with Crippen molar-refractivity contribution in [3.8, 4) is 10.6 Å². The van der Waals surface area contributed by atoms with E-state index in [0.29, 0.717) is 11.4 Å². The van der Waals surface area contributed by atoms with Crippen LogP contribution in [0.15, 0.2) is 107 Å². The molecule has 0 bridgehead atoms. The van der Waals surface area contributed by atoms with Gasteiger partial charge in [0.2, 0.25) is 15.7 Å². The van der Waals surface area contributed by atoms with Gasteiger partial charge in [-0.25, -0.2) is 13.4 Å². The highest BCUT2D eigenvalue weighted by Crippen LogP contribution is 2.31. The monoisotopic (exact) mass is 513 g/mol. The second-order valence-corrected chi connectivity index (χ2v) is 11.2. The van der Waals surface area contributed by atoms with E-state index in [4.69, 9.17) is 4.98 Å². The molecule has 8 heteroatoms. The molecule has 36 heavy (non-hydrogen) atoms. The van der Waals surface area contributed by atoms with Gasteiger partial charge in [-0.05, 0) is 73.2 Å². The predicted octanol–water partition coefficient (Wildman–Crippen LogP) is 6.16. The van der Waals surface area contributed by atoms with Crippen molar-refractivity contribution in [2.75, 3.05) is 17.2 Å². The molecule has 4 aromatic carbocycles. The van der Waals surface area contributed by atoms with Crippen LogP contribution in [0.1, 0.15) is 5.56 Å². The van der Waals surface area contributed by atoms with Crippen LogP contribution in [0.25, 0.3) is 20.8 Å². The first kappa shape index (κ1) is 23.7. The summed E-state index contributed by atoms with van der Waals surface area (Å²) in [6.07, 6.45) is 0. The summed E-state index contributed by atoms with van der Waals surface area (Å²) >= 11 is 1.63. The van der Waals surface area contributed by atoms with Gasteiger partial charge in [-0.15, -0.1) is 11.3 Å². The molecule has 1 amide bonds. The summed E-state index contributed by atoms with van der Waals surface area (Å²) in [5, 5.41) is 6.74. The molecule has 2 N–H and O–H groups in total. The zero-order valence-corrected chi connectivity index (χ0v) is 21.1. The number of amides is 1. The van der Waals surface area contributed by atoms with Gasteiger partial charge in [0.25, 0.3) is 0 Å². The Morgan fingerprint density at radius 1 is 0.889 bits per heavy atom. The SMILES string of the molecule is Cc1ccc2nc(-c3ccc(NC(=O)CNc4ccccc4S(=O)(=O)c4ccccc4)cc3)sc2c1. The summed E-state index contributed by atoms with van der Waals surface area (Å²) < 4.78 is 27.3. The second-order valence-electron chi connectivity index (χ2n) is 8.28. The Morgan fingerprint density at radius 2 is 1.61 bits per heavy atom. The fraction of sp³-hybridized carbons (Fsp3) is 0.0714. The molecule has 0 radical (unpaired) electrons. The first-order valence-electron chi connectivity index (χ1n) is 11.3. The summed E-state index contributed by atoms with van der Waals surface area (Å²) in [5.41, 5.74) is 4.17. The minimum atomic E-state index is -3.72. The van der Waals surface area contributed by atoms with Crippen molar-refractivity contribution < 1.29 is 13.2 Å². The maximum absolute atomic E-state index is 13.1. The number of rotatable bonds is 7. The molecule has 0 fully saturated rings. The Hall–Kier alpha value is -4.01. The number of anilines is 2. The number of nitrogens with one attached hydrogen (secondary N) is 2. The normalized spacial score (nSPS) is 11.4. The van der Waals surface area contributed by atoms with E-state index in [0.717, 1.165) is 20.8 Å². The molecule has 0 saturated carbocycles. The van der Waals surface area contributed by atoms with Crippen molar-refractivity contribution in [2.24, 2.45) is 0 Å². The van der Waals surface area contributed by atoms with Crippen molar-refractivity contribution in [1.29, 1.82) is 0 Å². The van der Waals surface area contributed by atoms with Crippen LogP contribution in [-0.2, 0) is 14.6 Å². The van der Waals surface area contributed by atoms with E-state index in [2.05, 4.69) is 23.6 Å². The number of aromatic nitrogens is 1. The summed E-state index contributed by atoms with van der Waals surface area (Å²) in [4.78, 5) is 17.6. The number of thiazole rings is 1. The number of nitrogens with zero attached hydrogens (tertiary/aromatic N) is 1. The number of carbonyl (C=O) groups is 1. The van der Waals surface area contributed by atoms with E-state index >= 15 is 0 Å². The lowest BCUT2D eigenvalue weighted by Crippen LogP contribution is -2.22. The van der Waals surface area contributed by atoms with Crippen molar-refractivity contribution >= 4 is 48.7 Å². The molecule has 180 valence electrons. The molecular formula is C28H23N3O3S2. The molecular weight excluding hydrogens is 490 g/mol. The molecule has 0 spiro atoms.